The van der Waals surface area contributed by atoms with Gasteiger partial charge in [0.1, 0.15) is 5.82 Å². The van der Waals surface area contributed by atoms with E-state index in [9.17, 15) is 14.0 Å². The number of hydrogen-bond acceptors (Lipinski definition) is 2. The van der Waals surface area contributed by atoms with E-state index < -0.39 is 0 Å². The summed E-state index contributed by atoms with van der Waals surface area (Å²) in [4.78, 5) is 27.4. The van der Waals surface area contributed by atoms with E-state index >= 15 is 0 Å². The summed E-state index contributed by atoms with van der Waals surface area (Å²) in [6.45, 7) is 4.70. The van der Waals surface area contributed by atoms with E-state index in [-0.39, 0.29) is 34.4 Å². The molecule has 2 saturated carbocycles. The Bertz CT molecular complexity index is 941. The lowest BCUT2D eigenvalue weighted by Gasteiger charge is -2.58. The second-order valence-electron chi connectivity index (χ2n) is 10.7. The zero-order valence-corrected chi connectivity index (χ0v) is 18.8. The van der Waals surface area contributed by atoms with E-state index in [1.165, 1.54) is 17.8 Å². The Hall–Kier alpha value is -2.17. The number of likely N-dealkylation sites (tertiary alicyclic amines) is 1. The average molecular weight is 425 g/mol. The van der Waals surface area contributed by atoms with Gasteiger partial charge < -0.3 is 10.2 Å². The van der Waals surface area contributed by atoms with Crippen LogP contribution in [0.3, 0.4) is 0 Å². The first-order valence-corrected chi connectivity index (χ1v) is 11.8. The maximum Gasteiger partial charge on any atom is 0.228 e. The number of halogens is 1. The molecule has 4 nitrogen and oxygen atoms in total. The Morgan fingerprint density at radius 2 is 1.84 bits per heavy atom. The Morgan fingerprint density at radius 1 is 1.10 bits per heavy atom. The van der Waals surface area contributed by atoms with Crippen molar-refractivity contribution in [2.24, 2.45) is 34.5 Å². The molecule has 5 rings (SSSR count). The van der Waals surface area contributed by atoms with Gasteiger partial charge in [0.15, 0.2) is 0 Å². The van der Waals surface area contributed by atoms with Crippen LogP contribution in [0, 0.1) is 40.3 Å². The molecule has 1 aromatic rings. The fraction of sp³-hybridized carbons (Fsp3) is 0.615. The van der Waals surface area contributed by atoms with Crippen LogP contribution in [0.15, 0.2) is 36.0 Å². The summed E-state index contributed by atoms with van der Waals surface area (Å²) >= 11 is 0. The second kappa shape index (κ2) is 7.18. The minimum Gasteiger partial charge on any atom is -0.326 e. The maximum absolute atomic E-state index is 13.2. The van der Waals surface area contributed by atoms with Gasteiger partial charge in [-0.3, -0.25) is 9.59 Å². The van der Waals surface area contributed by atoms with Crippen molar-refractivity contribution in [3.8, 4) is 0 Å². The number of piperidine rings is 1. The number of anilines is 1. The number of nitrogens with one attached hydrogen (secondary N) is 1. The lowest BCUT2D eigenvalue weighted by atomic mass is 9.49. The van der Waals surface area contributed by atoms with E-state index in [0.29, 0.717) is 29.9 Å². The predicted molar refractivity (Wildman–Crippen MR) is 118 cm³/mol. The van der Waals surface area contributed by atoms with E-state index in [4.69, 9.17) is 0 Å². The molecule has 1 N–H and O–H groups in total. The summed E-state index contributed by atoms with van der Waals surface area (Å²) < 4.78 is 13.2. The molecule has 0 aromatic heterocycles. The summed E-state index contributed by atoms with van der Waals surface area (Å²) in [5.74, 6) is 1.72. The molecule has 0 unspecified atom stereocenters. The van der Waals surface area contributed by atoms with Crippen molar-refractivity contribution in [2.75, 3.05) is 12.4 Å². The van der Waals surface area contributed by atoms with E-state index in [1.807, 2.05) is 11.9 Å². The van der Waals surface area contributed by atoms with Gasteiger partial charge in [-0.1, -0.05) is 19.9 Å². The van der Waals surface area contributed by atoms with Crippen LogP contribution in [0.2, 0.25) is 0 Å². The molecule has 0 spiro atoms. The molecular weight excluding hydrogens is 391 g/mol. The van der Waals surface area contributed by atoms with Crippen molar-refractivity contribution in [1.82, 2.24) is 4.90 Å². The van der Waals surface area contributed by atoms with Crippen LogP contribution in [0.25, 0.3) is 0 Å². The molecule has 166 valence electrons. The summed E-state index contributed by atoms with van der Waals surface area (Å²) in [7, 11) is 1.93. The maximum atomic E-state index is 13.2. The molecule has 1 aliphatic heterocycles. The predicted octanol–water partition coefficient (Wildman–Crippen LogP) is 5.37. The molecular formula is C26H33FN2O2. The molecule has 1 aromatic carbocycles. The zero-order chi connectivity index (χ0) is 22.0. The van der Waals surface area contributed by atoms with Crippen LogP contribution in [0.5, 0.6) is 0 Å². The summed E-state index contributed by atoms with van der Waals surface area (Å²) in [5, 5.41) is 3.04. The van der Waals surface area contributed by atoms with Crippen LogP contribution in [0.1, 0.15) is 58.8 Å². The van der Waals surface area contributed by atoms with Gasteiger partial charge in [0, 0.05) is 36.2 Å². The summed E-state index contributed by atoms with van der Waals surface area (Å²) in [6.07, 6.45) is 9.11. The lowest BCUT2D eigenvalue weighted by molar-refractivity contribution is -0.137. The van der Waals surface area contributed by atoms with Gasteiger partial charge in [-0.05, 0) is 86.0 Å². The highest BCUT2D eigenvalue weighted by atomic mass is 19.1. The summed E-state index contributed by atoms with van der Waals surface area (Å²) in [6, 6.07) is 6.04. The van der Waals surface area contributed by atoms with Gasteiger partial charge in [-0.15, -0.1) is 0 Å². The van der Waals surface area contributed by atoms with E-state index in [1.54, 1.807) is 12.1 Å². The van der Waals surface area contributed by atoms with Gasteiger partial charge in [0.05, 0.1) is 0 Å². The third-order valence-corrected chi connectivity index (χ3v) is 9.45. The van der Waals surface area contributed by atoms with Crippen LogP contribution < -0.4 is 5.32 Å². The Balaban J connectivity index is 1.38. The molecule has 1 heterocycles. The van der Waals surface area contributed by atoms with Crippen LogP contribution in [-0.2, 0) is 9.59 Å². The number of allylic oxidation sites excluding steroid dienone is 2. The fourth-order valence-electron chi connectivity index (χ4n) is 7.77. The van der Waals surface area contributed by atoms with Crippen LogP contribution in [0.4, 0.5) is 10.1 Å². The third kappa shape index (κ3) is 3.07. The van der Waals surface area contributed by atoms with Crippen molar-refractivity contribution in [2.45, 2.75) is 58.8 Å². The average Bonchev–Trinajstić information content (AvgIpc) is 3.10. The van der Waals surface area contributed by atoms with Gasteiger partial charge in [0.2, 0.25) is 11.8 Å². The molecule has 5 heteroatoms. The Labute approximate surface area is 184 Å². The molecule has 3 fully saturated rings. The smallest absolute Gasteiger partial charge is 0.228 e. The van der Waals surface area contributed by atoms with E-state index in [2.05, 4.69) is 25.2 Å². The van der Waals surface area contributed by atoms with Crippen molar-refractivity contribution in [3.05, 3.63) is 41.9 Å². The van der Waals surface area contributed by atoms with Gasteiger partial charge in [0.25, 0.3) is 0 Å². The molecule has 3 aliphatic carbocycles. The number of carbonyl (C=O) groups excluding carboxylic acids is 2. The number of amides is 2. The minimum absolute atomic E-state index is 0.00251. The number of hydrogen-bond donors (Lipinski definition) is 1. The Kier molecular flexibility index (Phi) is 4.80. The summed E-state index contributed by atoms with van der Waals surface area (Å²) in [5.41, 5.74) is 1.97. The first-order valence-electron chi connectivity index (χ1n) is 11.8. The molecule has 4 aliphatic rings. The largest absolute Gasteiger partial charge is 0.326 e. The number of carbonyl (C=O) groups is 2. The van der Waals surface area contributed by atoms with Crippen LogP contribution >= 0.6 is 0 Å². The van der Waals surface area contributed by atoms with Crippen molar-refractivity contribution >= 4 is 17.5 Å². The second-order valence-corrected chi connectivity index (χ2v) is 10.7. The van der Waals surface area contributed by atoms with Gasteiger partial charge in [-0.2, -0.15) is 0 Å². The number of benzene rings is 1. The number of nitrogens with zero attached hydrogens (tertiary/aromatic N) is 1. The standard InChI is InChI=1S/C26H33FN2O2/c1-25-14-12-20-18(8-11-22-26(20,2)15-13-23(30)29(22)3)19(25)9-10-21(25)24(31)28-17-6-4-16(27)5-7-17/h4-7,11,18-21H,8-10,12-15H2,1-3H3,(H,28,31)/t18-,19-,20-,21+,25-,26+/m0/s1. The molecule has 31 heavy (non-hydrogen) atoms. The first-order chi connectivity index (χ1) is 14.7. The van der Waals surface area contributed by atoms with Gasteiger partial charge in [-0.25, -0.2) is 4.39 Å². The molecule has 2 amide bonds. The van der Waals surface area contributed by atoms with Gasteiger partial charge >= 0.3 is 0 Å². The highest BCUT2D eigenvalue weighted by Gasteiger charge is 2.60. The zero-order valence-electron chi connectivity index (χ0n) is 18.8. The monoisotopic (exact) mass is 424 g/mol. The topological polar surface area (TPSA) is 49.4 Å². The minimum atomic E-state index is -0.294. The quantitative estimate of drug-likeness (QED) is 0.694. The third-order valence-electron chi connectivity index (χ3n) is 9.45. The van der Waals surface area contributed by atoms with Crippen LogP contribution in [-0.4, -0.2) is 23.8 Å². The lowest BCUT2D eigenvalue weighted by Crippen LogP contribution is -2.54. The van der Waals surface area contributed by atoms with E-state index in [0.717, 1.165) is 38.5 Å². The van der Waals surface area contributed by atoms with Crippen molar-refractivity contribution in [1.29, 1.82) is 0 Å². The Morgan fingerprint density at radius 3 is 2.58 bits per heavy atom. The number of rotatable bonds is 2. The normalized spacial score (nSPS) is 39.3. The first kappa shape index (κ1) is 20.7. The van der Waals surface area contributed by atoms with Crippen molar-refractivity contribution in [3.63, 3.8) is 0 Å². The highest BCUT2D eigenvalue weighted by molar-refractivity contribution is 5.93. The van der Waals surface area contributed by atoms with Crippen molar-refractivity contribution < 1.29 is 14.0 Å². The highest BCUT2D eigenvalue weighted by Crippen LogP contribution is 2.66. The number of fused-ring (bicyclic) bond motifs is 5. The molecule has 0 radical (unpaired) electrons. The fourth-order valence-corrected chi connectivity index (χ4v) is 7.77. The molecule has 1 saturated heterocycles. The SMILES string of the molecule is CN1C(=O)CC[C@@]2(C)C1=CC[C@H]1[C@@H]3CC[C@H](C(=O)Nc4ccc(F)cc4)[C@@]3(C)CC[C@@H]12. The molecule has 6 atom stereocenters. The molecule has 0 bridgehead atoms.